The number of hydrogen-bond donors (Lipinski definition) is 0. The number of benzene rings is 1. The molecule has 0 N–H and O–H groups in total. The molecule has 19 heavy (non-hydrogen) atoms. The van der Waals surface area contributed by atoms with Gasteiger partial charge in [-0.3, -0.25) is 10.1 Å². The third kappa shape index (κ3) is 2.95. The monoisotopic (exact) mass is 257 g/mol. The summed E-state index contributed by atoms with van der Waals surface area (Å²) in [6.45, 7) is 3.69. The van der Waals surface area contributed by atoms with Crippen molar-refractivity contribution in [2.75, 3.05) is 0 Å². The lowest BCUT2D eigenvalue weighted by Gasteiger charge is -2.09. The molecule has 0 saturated heterocycles. The molecule has 5 heteroatoms. The van der Waals surface area contributed by atoms with E-state index in [-0.39, 0.29) is 17.4 Å². The topological polar surface area (TPSA) is 69.4 Å². The minimum Gasteiger partial charge on any atom is -0.423 e. The molecule has 5 nitrogen and oxygen atoms in total. The van der Waals surface area contributed by atoms with Gasteiger partial charge in [-0.05, 0) is 12.1 Å². The first-order valence-corrected chi connectivity index (χ1v) is 5.58. The molecule has 96 valence electrons. The smallest absolute Gasteiger partial charge is 0.339 e. The molecule has 0 heterocycles. The van der Waals surface area contributed by atoms with Crippen molar-refractivity contribution in [2.45, 2.75) is 0 Å². The normalized spacial score (nSPS) is 13.5. The van der Waals surface area contributed by atoms with Gasteiger partial charge in [0.05, 0.1) is 4.92 Å². The second kappa shape index (κ2) is 5.30. The first kappa shape index (κ1) is 12.8. The summed E-state index contributed by atoms with van der Waals surface area (Å²) in [4.78, 5) is 21.8. The summed E-state index contributed by atoms with van der Waals surface area (Å²) in [5.41, 5.74) is 0.267. The van der Waals surface area contributed by atoms with Crippen molar-refractivity contribution < 1.29 is 14.5 Å². The van der Waals surface area contributed by atoms with Crippen LogP contribution in [0.5, 0.6) is 5.75 Å². The Morgan fingerprint density at radius 2 is 1.79 bits per heavy atom. The van der Waals surface area contributed by atoms with Crippen LogP contribution in [-0.4, -0.2) is 10.9 Å². The molecule has 1 aliphatic rings. The fourth-order valence-electron chi connectivity index (χ4n) is 1.61. The number of nitro benzene ring substituents is 1. The van der Waals surface area contributed by atoms with Crippen molar-refractivity contribution in [2.24, 2.45) is 5.92 Å². The molecule has 2 rings (SSSR count). The fourth-order valence-corrected chi connectivity index (χ4v) is 1.61. The predicted molar refractivity (Wildman–Crippen MR) is 69.6 cm³/mol. The maximum absolute atomic E-state index is 11.8. The first-order chi connectivity index (χ1) is 9.08. The third-order valence-corrected chi connectivity index (χ3v) is 2.67. The van der Waals surface area contributed by atoms with Gasteiger partial charge in [0.1, 0.15) is 5.75 Å². The Bertz CT molecular complexity index is 572. The van der Waals surface area contributed by atoms with E-state index in [1.807, 2.05) is 24.3 Å². The number of nitro groups is 1. The Labute approximate surface area is 109 Å². The second-order valence-electron chi connectivity index (χ2n) is 3.96. The summed E-state index contributed by atoms with van der Waals surface area (Å²) in [5.74, 6) is -0.441. The van der Waals surface area contributed by atoms with Gasteiger partial charge in [0.15, 0.2) is 0 Å². The lowest BCUT2D eigenvalue weighted by molar-refractivity contribution is -0.384. The molecule has 1 aliphatic carbocycles. The Morgan fingerprint density at radius 1 is 1.21 bits per heavy atom. The highest BCUT2D eigenvalue weighted by molar-refractivity contribution is 5.91. The molecular formula is C14H11NO4. The quantitative estimate of drug-likeness (QED) is 0.273. The van der Waals surface area contributed by atoms with Crippen molar-refractivity contribution in [1.29, 1.82) is 0 Å². The van der Waals surface area contributed by atoms with Crippen molar-refractivity contribution in [3.8, 4) is 5.75 Å². The average Bonchev–Trinajstić information content (AvgIpc) is 2.92. The first-order valence-electron chi connectivity index (χ1n) is 5.58. The van der Waals surface area contributed by atoms with E-state index in [0.717, 1.165) is 0 Å². The maximum Gasteiger partial charge on any atom is 0.339 e. The zero-order valence-corrected chi connectivity index (χ0v) is 9.98. The zero-order chi connectivity index (χ0) is 13.8. The van der Waals surface area contributed by atoms with Crippen LogP contribution in [0.1, 0.15) is 0 Å². The zero-order valence-electron chi connectivity index (χ0n) is 9.98. The van der Waals surface area contributed by atoms with E-state index >= 15 is 0 Å². The van der Waals surface area contributed by atoms with Crippen molar-refractivity contribution in [3.05, 3.63) is 70.8 Å². The van der Waals surface area contributed by atoms with Gasteiger partial charge in [-0.25, -0.2) is 4.79 Å². The van der Waals surface area contributed by atoms with Crippen LogP contribution in [0.4, 0.5) is 5.69 Å². The molecule has 1 aromatic rings. The largest absolute Gasteiger partial charge is 0.423 e. The van der Waals surface area contributed by atoms with Crippen LogP contribution in [0, 0.1) is 16.0 Å². The number of non-ortho nitro benzene ring substituents is 1. The number of carbonyl (C=O) groups is 1. The number of ether oxygens (including phenoxy) is 1. The summed E-state index contributed by atoms with van der Waals surface area (Å²) in [6.07, 6.45) is 7.32. The van der Waals surface area contributed by atoms with Gasteiger partial charge in [-0.2, -0.15) is 0 Å². The van der Waals surface area contributed by atoms with Crippen LogP contribution in [-0.2, 0) is 4.79 Å². The van der Waals surface area contributed by atoms with E-state index in [1.54, 1.807) is 0 Å². The molecule has 0 saturated carbocycles. The van der Waals surface area contributed by atoms with Crippen LogP contribution in [0.15, 0.2) is 60.7 Å². The molecule has 0 atom stereocenters. The SMILES string of the molecule is C=C(C(=O)Oc1ccc([N+](=O)[O-])cc1)C1C=CC=C1. The number of allylic oxidation sites excluding steroid dienone is 4. The lowest BCUT2D eigenvalue weighted by Crippen LogP contribution is -2.14. The highest BCUT2D eigenvalue weighted by atomic mass is 16.6. The highest BCUT2D eigenvalue weighted by Crippen LogP contribution is 2.22. The number of nitrogens with zero attached hydrogens (tertiary/aromatic N) is 1. The van der Waals surface area contributed by atoms with Gasteiger partial charge in [-0.1, -0.05) is 30.9 Å². The Kier molecular flexibility index (Phi) is 3.56. The number of rotatable bonds is 4. The van der Waals surface area contributed by atoms with Crippen LogP contribution < -0.4 is 4.74 Å². The molecule has 1 aromatic carbocycles. The van der Waals surface area contributed by atoms with Crippen LogP contribution in [0.25, 0.3) is 0 Å². The standard InChI is InChI=1S/C14H11NO4/c1-10(11-4-2-3-5-11)14(16)19-13-8-6-12(7-9-13)15(17)18/h2-9,11H,1H2. The Balaban J connectivity index is 2.02. The Morgan fingerprint density at radius 3 is 2.32 bits per heavy atom. The Hall–Kier alpha value is -2.69. The molecule has 0 aromatic heterocycles. The maximum atomic E-state index is 11.8. The summed E-state index contributed by atoms with van der Waals surface area (Å²) in [7, 11) is 0. The molecule has 0 aliphatic heterocycles. The summed E-state index contributed by atoms with van der Waals surface area (Å²) >= 11 is 0. The van der Waals surface area contributed by atoms with E-state index in [1.165, 1.54) is 24.3 Å². The number of esters is 1. The van der Waals surface area contributed by atoms with Crippen LogP contribution >= 0.6 is 0 Å². The van der Waals surface area contributed by atoms with Gasteiger partial charge < -0.3 is 4.74 Å². The molecular weight excluding hydrogens is 246 g/mol. The predicted octanol–water partition coefficient (Wildman–Crippen LogP) is 2.80. The van der Waals surface area contributed by atoms with E-state index in [2.05, 4.69) is 6.58 Å². The van der Waals surface area contributed by atoms with E-state index in [0.29, 0.717) is 5.57 Å². The third-order valence-electron chi connectivity index (χ3n) is 2.67. The van der Waals surface area contributed by atoms with Crippen LogP contribution in [0.3, 0.4) is 0 Å². The van der Waals surface area contributed by atoms with E-state index < -0.39 is 10.9 Å². The van der Waals surface area contributed by atoms with Gasteiger partial charge in [0.25, 0.3) is 5.69 Å². The molecule has 0 bridgehead atoms. The summed E-state index contributed by atoms with van der Waals surface area (Å²) < 4.78 is 5.09. The minimum atomic E-state index is -0.546. The highest BCUT2D eigenvalue weighted by Gasteiger charge is 2.18. The minimum absolute atomic E-state index is 0.0553. The summed E-state index contributed by atoms with van der Waals surface area (Å²) in [6, 6.07) is 5.31. The van der Waals surface area contributed by atoms with Crippen LogP contribution in [0.2, 0.25) is 0 Å². The lowest BCUT2D eigenvalue weighted by atomic mass is 10.0. The molecule has 0 unspecified atom stereocenters. The van der Waals surface area contributed by atoms with Crippen molar-refractivity contribution in [3.63, 3.8) is 0 Å². The van der Waals surface area contributed by atoms with E-state index in [9.17, 15) is 14.9 Å². The van der Waals surface area contributed by atoms with Gasteiger partial charge in [0, 0.05) is 23.6 Å². The van der Waals surface area contributed by atoms with Gasteiger partial charge in [0.2, 0.25) is 0 Å². The summed E-state index contributed by atoms with van der Waals surface area (Å²) in [5, 5.41) is 10.5. The van der Waals surface area contributed by atoms with Crippen molar-refractivity contribution >= 4 is 11.7 Å². The van der Waals surface area contributed by atoms with Gasteiger partial charge in [-0.15, -0.1) is 0 Å². The average molecular weight is 257 g/mol. The molecule has 0 amide bonds. The fraction of sp³-hybridized carbons (Fsp3) is 0.0714. The molecule has 0 spiro atoms. The second-order valence-corrected chi connectivity index (χ2v) is 3.96. The number of hydrogen-bond acceptors (Lipinski definition) is 4. The van der Waals surface area contributed by atoms with Crippen molar-refractivity contribution in [1.82, 2.24) is 0 Å². The molecule has 0 radical (unpaired) electrons. The van der Waals surface area contributed by atoms with Gasteiger partial charge >= 0.3 is 5.97 Å². The number of carbonyl (C=O) groups excluding carboxylic acids is 1. The van der Waals surface area contributed by atoms with E-state index in [4.69, 9.17) is 4.74 Å². The molecule has 0 fully saturated rings.